The summed E-state index contributed by atoms with van der Waals surface area (Å²) in [6, 6.07) is 19.4. The molecule has 2 atom stereocenters. The van der Waals surface area contributed by atoms with Gasteiger partial charge in [-0.3, -0.25) is 0 Å². The molecule has 1 fully saturated rings. The van der Waals surface area contributed by atoms with Gasteiger partial charge in [0.2, 0.25) is 5.60 Å². The number of aliphatic carboxylic acids is 1. The number of carboxylic acids is 1. The van der Waals surface area contributed by atoms with Crippen LogP contribution in [-0.2, 0) is 20.7 Å². The monoisotopic (exact) mass is 450 g/mol. The Morgan fingerprint density at radius 3 is 1.55 bits per heavy atom. The van der Waals surface area contributed by atoms with Crippen LogP contribution in [0.4, 0.5) is 0 Å². The minimum absolute atomic E-state index is 0.732. The Bertz CT molecular complexity index is 819. The van der Waals surface area contributed by atoms with E-state index in [1.807, 2.05) is 60.7 Å². The highest BCUT2D eigenvalue weighted by atomic mass is 16.7. The molecule has 1 aliphatic heterocycles. The molecule has 1 aliphatic rings. The first-order chi connectivity index (χ1) is 16.2. The number of carboxylic acid groups (broad SMARTS) is 1. The summed E-state index contributed by atoms with van der Waals surface area (Å²) < 4.78 is 6.23. The van der Waals surface area contributed by atoms with Crippen molar-refractivity contribution in [2.24, 2.45) is 0 Å². The maximum Gasteiger partial charge on any atom is 0.344 e. The van der Waals surface area contributed by atoms with Crippen molar-refractivity contribution in [3.63, 3.8) is 0 Å². The Labute approximate surface area is 200 Å². The fraction of sp³-hybridized carbons (Fsp3) is 0.567. The van der Waals surface area contributed by atoms with Gasteiger partial charge in [0.25, 0.3) is 0 Å². The lowest BCUT2D eigenvalue weighted by atomic mass is 9.78. The number of carbonyl (C=O) groups is 1. The van der Waals surface area contributed by atoms with Gasteiger partial charge >= 0.3 is 5.97 Å². The minimum atomic E-state index is -1.28. The summed E-state index contributed by atoms with van der Waals surface area (Å²) in [6.45, 7) is 2.27. The average molecular weight is 451 g/mol. The maximum absolute atomic E-state index is 12.5. The molecule has 1 N–H and O–H groups in total. The Morgan fingerprint density at radius 1 is 0.667 bits per heavy atom. The van der Waals surface area contributed by atoms with E-state index in [4.69, 9.17) is 4.74 Å². The first-order valence-electron chi connectivity index (χ1n) is 13.2. The van der Waals surface area contributed by atoms with E-state index in [1.54, 1.807) is 0 Å². The third-order valence-electron chi connectivity index (χ3n) is 7.21. The number of epoxide rings is 1. The van der Waals surface area contributed by atoms with Crippen LogP contribution in [0.15, 0.2) is 60.7 Å². The first-order valence-corrected chi connectivity index (χ1v) is 13.2. The number of hydrogen-bond donors (Lipinski definition) is 1. The molecule has 2 aromatic carbocycles. The van der Waals surface area contributed by atoms with Crippen LogP contribution in [0.5, 0.6) is 0 Å². The Kier molecular flexibility index (Phi) is 9.99. The molecule has 3 rings (SSSR count). The number of ether oxygens (including phenoxy) is 1. The summed E-state index contributed by atoms with van der Waals surface area (Å²) in [6.07, 6.45) is 17.7. The molecule has 0 saturated carbocycles. The van der Waals surface area contributed by atoms with Gasteiger partial charge in [0.15, 0.2) is 0 Å². The molecule has 1 saturated heterocycles. The van der Waals surface area contributed by atoms with Gasteiger partial charge < -0.3 is 9.84 Å². The van der Waals surface area contributed by atoms with E-state index in [0.717, 1.165) is 30.4 Å². The standard InChI is InChI=1S/C30H42O3/c1-2-3-4-5-6-7-8-9-10-11-12-13-20-25-29(26-21-16-14-17-22-26)30(33-29,28(31)32)27-23-18-15-19-24-27/h14-19,21-24H,2-13,20,25H2,1H3,(H,31,32). The van der Waals surface area contributed by atoms with E-state index in [9.17, 15) is 9.90 Å². The normalized spacial score (nSPS) is 21.7. The van der Waals surface area contributed by atoms with Gasteiger partial charge in [0.05, 0.1) is 0 Å². The predicted molar refractivity (Wildman–Crippen MR) is 135 cm³/mol. The largest absolute Gasteiger partial charge is 0.479 e. The summed E-state index contributed by atoms with van der Waals surface area (Å²) in [4.78, 5) is 12.5. The molecule has 0 radical (unpaired) electrons. The predicted octanol–water partition coefficient (Wildman–Crippen LogP) is 8.37. The minimum Gasteiger partial charge on any atom is -0.479 e. The molecule has 3 nitrogen and oxygen atoms in total. The van der Waals surface area contributed by atoms with Gasteiger partial charge in [0.1, 0.15) is 5.60 Å². The van der Waals surface area contributed by atoms with Crippen LogP contribution in [-0.4, -0.2) is 11.1 Å². The van der Waals surface area contributed by atoms with Crippen molar-refractivity contribution in [3.05, 3.63) is 71.8 Å². The lowest BCUT2D eigenvalue weighted by molar-refractivity contribution is -0.143. The van der Waals surface area contributed by atoms with Crippen LogP contribution in [0.1, 0.15) is 108 Å². The van der Waals surface area contributed by atoms with E-state index in [1.165, 1.54) is 70.6 Å². The van der Waals surface area contributed by atoms with Gasteiger partial charge in [-0.15, -0.1) is 0 Å². The molecule has 33 heavy (non-hydrogen) atoms. The fourth-order valence-electron chi connectivity index (χ4n) is 5.27. The van der Waals surface area contributed by atoms with Crippen molar-refractivity contribution >= 4 is 5.97 Å². The van der Waals surface area contributed by atoms with Crippen LogP contribution in [0, 0.1) is 0 Å². The molecule has 0 aliphatic carbocycles. The molecule has 180 valence electrons. The smallest absolute Gasteiger partial charge is 0.344 e. The molecule has 0 aromatic heterocycles. The molecular formula is C30H42O3. The van der Waals surface area contributed by atoms with Crippen molar-refractivity contribution < 1.29 is 14.6 Å². The van der Waals surface area contributed by atoms with Crippen LogP contribution in [0.3, 0.4) is 0 Å². The quantitative estimate of drug-likeness (QED) is 0.194. The van der Waals surface area contributed by atoms with Crippen LogP contribution < -0.4 is 0 Å². The Hall–Kier alpha value is -2.13. The number of hydrogen-bond acceptors (Lipinski definition) is 2. The van der Waals surface area contributed by atoms with Crippen molar-refractivity contribution in [2.45, 2.75) is 108 Å². The molecule has 2 unspecified atom stereocenters. The summed E-state index contributed by atoms with van der Waals surface area (Å²) >= 11 is 0. The third kappa shape index (κ3) is 6.26. The summed E-state index contributed by atoms with van der Waals surface area (Å²) in [5.41, 5.74) is -0.363. The molecule has 0 amide bonds. The van der Waals surface area contributed by atoms with Crippen LogP contribution in [0.2, 0.25) is 0 Å². The third-order valence-corrected chi connectivity index (χ3v) is 7.21. The topological polar surface area (TPSA) is 49.8 Å². The van der Waals surface area contributed by atoms with E-state index < -0.39 is 17.2 Å². The molecule has 0 spiro atoms. The van der Waals surface area contributed by atoms with E-state index >= 15 is 0 Å². The van der Waals surface area contributed by atoms with Crippen molar-refractivity contribution in [1.29, 1.82) is 0 Å². The van der Waals surface area contributed by atoms with E-state index in [-0.39, 0.29) is 0 Å². The highest BCUT2D eigenvalue weighted by Crippen LogP contribution is 2.64. The number of benzene rings is 2. The SMILES string of the molecule is CCCCCCCCCCCCCCCC1(c2ccccc2)OC1(C(=O)O)c1ccccc1. The van der Waals surface area contributed by atoms with E-state index in [2.05, 4.69) is 6.92 Å². The molecular weight excluding hydrogens is 408 g/mol. The molecule has 3 heteroatoms. The lowest BCUT2D eigenvalue weighted by Crippen LogP contribution is -2.30. The molecule has 0 bridgehead atoms. The van der Waals surface area contributed by atoms with Gasteiger partial charge in [-0.25, -0.2) is 4.79 Å². The fourth-order valence-corrected chi connectivity index (χ4v) is 5.27. The second-order valence-corrected chi connectivity index (χ2v) is 9.64. The molecule has 1 heterocycles. The van der Waals surface area contributed by atoms with Gasteiger partial charge in [-0.05, 0) is 17.5 Å². The summed E-state index contributed by atoms with van der Waals surface area (Å²) in [5.74, 6) is -0.896. The average Bonchev–Trinajstić information content (AvgIpc) is 3.55. The summed E-state index contributed by atoms with van der Waals surface area (Å²) in [7, 11) is 0. The lowest BCUT2D eigenvalue weighted by Gasteiger charge is -2.18. The van der Waals surface area contributed by atoms with Crippen molar-refractivity contribution in [1.82, 2.24) is 0 Å². The Morgan fingerprint density at radius 2 is 1.09 bits per heavy atom. The van der Waals surface area contributed by atoms with Crippen molar-refractivity contribution in [2.75, 3.05) is 0 Å². The number of unbranched alkanes of at least 4 members (excludes halogenated alkanes) is 12. The highest BCUT2D eigenvalue weighted by Gasteiger charge is 2.76. The van der Waals surface area contributed by atoms with Crippen LogP contribution >= 0.6 is 0 Å². The zero-order valence-corrected chi connectivity index (χ0v) is 20.4. The number of rotatable bonds is 17. The maximum atomic E-state index is 12.5. The van der Waals surface area contributed by atoms with Gasteiger partial charge in [-0.1, -0.05) is 151 Å². The van der Waals surface area contributed by atoms with Crippen LogP contribution in [0.25, 0.3) is 0 Å². The zero-order chi connectivity index (χ0) is 23.4. The summed E-state index contributed by atoms with van der Waals surface area (Å²) in [5, 5.41) is 10.2. The van der Waals surface area contributed by atoms with Crippen molar-refractivity contribution in [3.8, 4) is 0 Å². The van der Waals surface area contributed by atoms with Gasteiger partial charge in [0, 0.05) is 0 Å². The second kappa shape index (κ2) is 12.9. The zero-order valence-electron chi connectivity index (χ0n) is 20.4. The first kappa shape index (κ1) is 25.5. The van der Waals surface area contributed by atoms with E-state index in [0.29, 0.717) is 0 Å². The van der Waals surface area contributed by atoms with Gasteiger partial charge in [-0.2, -0.15) is 0 Å². The highest BCUT2D eigenvalue weighted by molar-refractivity contribution is 5.85. The Balaban J connectivity index is 1.45. The molecule has 2 aromatic rings. The second-order valence-electron chi connectivity index (χ2n) is 9.64.